The van der Waals surface area contributed by atoms with Gasteiger partial charge in [0.25, 0.3) is 0 Å². The first-order valence-corrected chi connectivity index (χ1v) is 8.72. The van der Waals surface area contributed by atoms with Gasteiger partial charge in [0.15, 0.2) is 5.78 Å². The first kappa shape index (κ1) is 21.6. The molecule has 1 aromatic heterocycles. The summed E-state index contributed by atoms with van der Waals surface area (Å²) >= 11 is 0. The Labute approximate surface area is 166 Å². The number of ketones is 1. The van der Waals surface area contributed by atoms with Crippen LogP contribution in [0.4, 0.5) is 0 Å². The molecule has 1 heterocycles. The van der Waals surface area contributed by atoms with E-state index < -0.39 is 30.4 Å². The predicted molar refractivity (Wildman–Crippen MR) is 104 cm³/mol. The summed E-state index contributed by atoms with van der Waals surface area (Å²) in [6, 6.07) is 9.21. The van der Waals surface area contributed by atoms with Gasteiger partial charge >= 0.3 is 5.97 Å². The summed E-state index contributed by atoms with van der Waals surface area (Å²) < 4.78 is 5.13. The molecule has 2 amide bonds. The fraction of sp³-hybridized carbons (Fsp3) is 0.200. The zero-order valence-corrected chi connectivity index (χ0v) is 15.5. The molecule has 0 spiro atoms. The van der Waals surface area contributed by atoms with Crippen LogP contribution in [-0.4, -0.2) is 47.8 Å². The molecule has 5 N–H and O–H groups in total. The van der Waals surface area contributed by atoms with Crippen LogP contribution in [0.15, 0.2) is 53.2 Å². The third kappa shape index (κ3) is 7.43. The molecule has 2 aromatic rings. The lowest BCUT2D eigenvalue weighted by molar-refractivity contribution is -0.137. The number of furan rings is 1. The zero-order valence-electron chi connectivity index (χ0n) is 15.5. The molecule has 0 bridgehead atoms. The largest absolute Gasteiger partial charge is 0.480 e. The van der Waals surface area contributed by atoms with Crippen LogP contribution in [0.2, 0.25) is 0 Å². The lowest BCUT2D eigenvalue weighted by Crippen LogP contribution is -2.46. The normalized spacial score (nSPS) is 11.8. The van der Waals surface area contributed by atoms with Gasteiger partial charge in [-0.3, -0.25) is 19.2 Å². The van der Waals surface area contributed by atoms with Crippen molar-refractivity contribution in [3.05, 3.63) is 65.6 Å². The summed E-state index contributed by atoms with van der Waals surface area (Å²) in [4.78, 5) is 46.1. The van der Waals surface area contributed by atoms with Crippen LogP contribution in [-0.2, 0) is 20.8 Å². The monoisotopic (exact) mass is 399 g/mol. The Morgan fingerprint density at radius 3 is 2.59 bits per heavy atom. The molecular formula is C20H21N3O6. The number of amides is 2. The van der Waals surface area contributed by atoms with Gasteiger partial charge in [-0.1, -0.05) is 18.2 Å². The SMILES string of the molecule is N[C@@H](Cc1cccc(C(=O)C=Cc2ccco2)c1)C(=O)NCC(=O)NCC(=O)O. The minimum atomic E-state index is -1.19. The van der Waals surface area contributed by atoms with Crippen LogP contribution in [0, 0.1) is 0 Å². The van der Waals surface area contributed by atoms with Crippen LogP contribution in [0.5, 0.6) is 0 Å². The molecule has 152 valence electrons. The molecule has 0 saturated carbocycles. The number of hydrogen-bond donors (Lipinski definition) is 4. The second kappa shape index (κ2) is 10.6. The molecule has 9 nitrogen and oxygen atoms in total. The van der Waals surface area contributed by atoms with Crippen molar-refractivity contribution < 1.29 is 28.7 Å². The first-order chi connectivity index (χ1) is 13.8. The number of allylic oxidation sites excluding steroid dienone is 1. The number of carbonyl (C=O) groups excluding carboxylic acids is 3. The van der Waals surface area contributed by atoms with Gasteiger partial charge in [-0.05, 0) is 42.3 Å². The Kier molecular flexibility index (Phi) is 7.87. The van der Waals surface area contributed by atoms with Gasteiger partial charge in [0.2, 0.25) is 11.8 Å². The number of carbonyl (C=O) groups is 4. The Morgan fingerprint density at radius 1 is 1.10 bits per heavy atom. The zero-order chi connectivity index (χ0) is 21.2. The number of rotatable bonds is 10. The van der Waals surface area contributed by atoms with Crippen LogP contribution in [0.3, 0.4) is 0 Å². The predicted octanol–water partition coefficient (Wildman–Crippen LogP) is 0.363. The van der Waals surface area contributed by atoms with E-state index in [1.807, 2.05) is 0 Å². The average Bonchev–Trinajstić information content (AvgIpc) is 3.22. The third-order valence-corrected chi connectivity index (χ3v) is 3.81. The highest BCUT2D eigenvalue weighted by atomic mass is 16.4. The second-order valence-electron chi connectivity index (χ2n) is 6.11. The fourth-order valence-corrected chi connectivity index (χ4v) is 2.37. The summed E-state index contributed by atoms with van der Waals surface area (Å²) in [6.45, 7) is -0.911. The molecular weight excluding hydrogens is 378 g/mol. The van der Waals surface area contributed by atoms with Gasteiger partial charge in [-0.2, -0.15) is 0 Å². The quantitative estimate of drug-likeness (QED) is 0.332. The number of nitrogens with two attached hydrogens (primary N) is 1. The highest BCUT2D eigenvalue weighted by molar-refractivity contribution is 6.06. The summed E-state index contributed by atoms with van der Waals surface area (Å²) in [6.07, 6.45) is 4.61. The molecule has 0 aliphatic carbocycles. The Bertz CT molecular complexity index is 905. The van der Waals surface area contributed by atoms with Gasteiger partial charge in [0.1, 0.15) is 12.3 Å². The van der Waals surface area contributed by atoms with Crippen molar-refractivity contribution in [1.29, 1.82) is 0 Å². The molecule has 29 heavy (non-hydrogen) atoms. The standard InChI is InChI=1S/C20H21N3O6/c21-16(20(28)23-11-18(25)22-12-19(26)27)10-13-3-1-4-14(9-13)17(24)7-6-15-5-2-8-29-15/h1-9,16H,10-12,21H2,(H,22,25)(H,23,28)(H,26,27)/t16-/m0/s1. The maximum atomic E-state index is 12.3. The van der Waals surface area contributed by atoms with E-state index >= 15 is 0 Å². The van der Waals surface area contributed by atoms with E-state index in [0.717, 1.165) is 0 Å². The molecule has 2 rings (SSSR count). The number of aliphatic carboxylic acids is 1. The van der Waals surface area contributed by atoms with Crippen molar-refractivity contribution in [2.75, 3.05) is 13.1 Å². The molecule has 1 aromatic carbocycles. The number of carboxylic acids is 1. The van der Waals surface area contributed by atoms with Crippen LogP contribution in [0.1, 0.15) is 21.7 Å². The smallest absolute Gasteiger partial charge is 0.322 e. The van der Waals surface area contributed by atoms with E-state index in [1.165, 1.54) is 12.3 Å². The highest BCUT2D eigenvalue weighted by Gasteiger charge is 2.16. The van der Waals surface area contributed by atoms with E-state index in [2.05, 4.69) is 10.6 Å². The molecule has 1 atom stereocenters. The number of nitrogens with one attached hydrogen (secondary N) is 2. The van der Waals surface area contributed by atoms with E-state index in [-0.39, 0.29) is 18.7 Å². The summed E-state index contributed by atoms with van der Waals surface area (Å²) in [5, 5.41) is 12.9. The lowest BCUT2D eigenvalue weighted by Gasteiger charge is -2.12. The fourth-order valence-electron chi connectivity index (χ4n) is 2.37. The molecule has 9 heteroatoms. The van der Waals surface area contributed by atoms with Gasteiger partial charge in [0, 0.05) is 5.56 Å². The van der Waals surface area contributed by atoms with Crippen LogP contribution in [0.25, 0.3) is 6.08 Å². The van der Waals surface area contributed by atoms with Gasteiger partial charge < -0.3 is 25.9 Å². The van der Waals surface area contributed by atoms with Crippen molar-refractivity contribution >= 4 is 29.6 Å². The Morgan fingerprint density at radius 2 is 1.90 bits per heavy atom. The van der Waals surface area contributed by atoms with Crippen molar-refractivity contribution in [2.45, 2.75) is 12.5 Å². The second-order valence-corrected chi connectivity index (χ2v) is 6.11. The number of carboxylic acid groups (broad SMARTS) is 1. The number of benzene rings is 1. The van der Waals surface area contributed by atoms with Gasteiger partial charge in [-0.25, -0.2) is 0 Å². The molecule has 0 fully saturated rings. The highest BCUT2D eigenvalue weighted by Crippen LogP contribution is 2.10. The van der Waals surface area contributed by atoms with E-state index in [0.29, 0.717) is 16.9 Å². The van der Waals surface area contributed by atoms with Gasteiger partial charge in [0.05, 0.1) is 18.8 Å². The van der Waals surface area contributed by atoms with Crippen molar-refractivity contribution in [1.82, 2.24) is 10.6 Å². The topological polar surface area (TPSA) is 152 Å². The van der Waals surface area contributed by atoms with Crippen molar-refractivity contribution in [2.24, 2.45) is 5.73 Å². The maximum absolute atomic E-state index is 12.3. The Hall–Kier alpha value is -3.72. The van der Waals surface area contributed by atoms with Crippen molar-refractivity contribution in [3.8, 4) is 0 Å². The maximum Gasteiger partial charge on any atom is 0.322 e. The van der Waals surface area contributed by atoms with E-state index in [4.69, 9.17) is 15.3 Å². The van der Waals surface area contributed by atoms with E-state index in [9.17, 15) is 19.2 Å². The molecule has 0 radical (unpaired) electrons. The summed E-state index contributed by atoms with van der Waals surface area (Å²) in [7, 11) is 0. The van der Waals surface area contributed by atoms with E-state index in [1.54, 1.807) is 42.5 Å². The summed E-state index contributed by atoms with van der Waals surface area (Å²) in [5.41, 5.74) is 6.97. The van der Waals surface area contributed by atoms with Crippen LogP contribution >= 0.6 is 0 Å². The average molecular weight is 399 g/mol. The molecule has 0 aliphatic heterocycles. The minimum Gasteiger partial charge on any atom is -0.480 e. The third-order valence-electron chi connectivity index (χ3n) is 3.81. The summed E-state index contributed by atoms with van der Waals surface area (Å²) in [5.74, 6) is -2.06. The Balaban J connectivity index is 1.88. The molecule has 0 aliphatic rings. The van der Waals surface area contributed by atoms with Crippen molar-refractivity contribution in [3.63, 3.8) is 0 Å². The van der Waals surface area contributed by atoms with Gasteiger partial charge in [-0.15, -0.1) is 0 Å². The minimum absolute atomic E-state index is 0.158. The van der Waals surface area contributed by atoms with Crippen LogP contribution < -0.4 is 16.4 Å². The molecule has 0 unspecified atom stereocenters. The lowest BCUT2D eigenvalue weighted by atomic mass is 10.0. The molecule has 0 saturated heterocycles. The number of hydrogen-bond acceptors (Lipinski definition) is 6. The first-order valence-electron chi connectivity index (χ1n) is 8.72.